The first-order valence-electron chi connectivity index (χ1n) is 10.1. The molecule has 6 heteroatoms. The van der Waals surface area contributed by atoms with Crippen molar-refractivity contribution in [2.75, 3.05) is 0 Å². The van der Waals surface area contributed by atoms with Gasteiger partial charge in [0.1, 0.15) is 6.54 Å². The van der Waals surface area contributed by atoms with E-state index in [0.29, 0.717) is 0 Å². The van der Waals surface area contributed by atoms with Crippen LogP contribution in [0, 0.1) is 0 Å². The topological polar surface area (TPSA) is 64.7 Å². The first kappa shape index (κ1) is 17.7. The summed E-state index contributed by atoms with van der Waals surface area (Å²) in [5.41, 5.74) is 4.51. The van der Waals surface area contributed by atoms with Gasteiger partial charge in [0, 0.05) is 22.8 Å². The van der Waals surface area contributed by atoms with Crippen molar-refractivity contribution < 1.29 is 4.79 Å². The minimum absolute atomic E-state index is 0.0146. The summed E-state index contributed by atoms with van der Waals surface area (Å²) in [5.74, 6) is -0.0218. The summed E-state index contributed by atoms with van der Waals surface area (Å²) in [4.78, 5) is 12.7. The Labute approximate surface area is 169 Å². The number of benzene rings is 2. The minimum atomic E-state index is -0.0218. The quantitative estimate of drug-likeness (QED) is 0.572. The molecule has 0 aliphatic heterocycles. The molecule has 1 aliphatic carbocycles. The molecule has 1 unspecified atom stereocenters. The molecule has 2 aromatic carbocycles. The lowest BCUT2D eigenvalue weighted by molar-refractivity contribution is -0.122. The van der Waals surface area contributed by atoms with Crippen molar-refractivity contribution in [1.82, 2.24) is 24.9 Å². The van der Waals surface area contributed by atoms with Crippen LogP contribution in [0.3, 0.4) is 0 Å². The van der Waals surface area contributed by atoms with Crippen LogP contribution in [-0.2, 0) is 24.3 Å². The molecule has 0 saturated carbocycles. The van der Waals surface area contributed by atoms with E-state index in [4.69, 9.17) is 0 Å². The molecule has 1 atom stereocenters. The van der Waals surface area contributed by atoms with E-state index in [-0.39, 0.29) is 18.5 Å². The van der Waals surface area contributed by atoms with Crippen LogP contribution in [0.25, 0.3) is 10.9 Å². The maximum absolute atomic E-state index is 12.7. The number of amides is 1. The fourth-order valence-electron chi connectivity index (χ4n) is 4.14. The van der Waals surface area contributed by atoms with Crippen molar-refractivity contribution in [3.63, 3.8) is 0 Å². The van der Waals surface area contributed by atoms with Crippen molar-refractivity contribution >= 4 is 16.8 Å². The van der Waals surface area contributed by atoms with E-state index >= 15 is 0 Å². The first-order valence-corrected chi connectivity index (χ1v) is 10.1. The Morgan fingerprint density at radius 1 is 1.10 bits per heavy atom. The van der Waals surface area contributed by atoms with Crippen LogP contribution < -0.4 is 5.32 Å². The Kier molecular flexibility index (Phi) is 4.60. The zero-order valence-corrected chi connectivity index (χ0v) is 16.2. The van der Waals surface area contributed by atoms with Gasteiger partial charge in [0.15, 0.2) is 0 Å². The van der Waals surface area contributed by atoms with Gasteiger partial charge in [0.2, 0.25) is 5.91 Å². The predicted molar refractivity (Wildman–Crippen MR) is 111 cm³/mol. The Morgan fingerprint density at radius 2 is 1.93 bits per heavy atom. The van der Waals surface area contributed by atoms with Gasteiger partial charge in [-0.25, -0.2) is 0 Å². The Morgan fingerprint density at radius 3 is 2.79 bits per heavy atom. The summed E-state index contributed by atoms with van der Waals surface area (Å²) in [6, 6.07) is 18.3. The Bertz CT molecular complexity index is 1110. The minimum Gasteiger partial charge on any atom is -0.348 e. The van der Waals surface area contributed by atoms with Crippen molar-refractivity contribution in [2.24, 2.45) is 0 Å². The van der Waals surface area contributed by atoms with Crippen LogP contribution in [0.4, 0.5) is 0 Å². The summed E-state index contributed by atoms with van der Waals surface area (Å²) in [7, 11) is 0. The van der Waals surface area contributed by atoms with Gasteiger partial charge in [0.25, 0.3) is 0 Å². The molecule has 0 spiro atoms. The lowest BCUT2D eigenvalue weighted by atomic mass is 9.93. The third kappa shape index (κ3) is 3.66. The molecule has 0 fully saturated rings. The molecular weight excluding hydrogens is 362 g/mol. The second-order valence-electron chi connectivity index (χ2n) is 7.59. The molecule has 0 radical (unpaired) electrons. The fraction of sp³-hybridized carbons (Fsp3) is 0.261. The maximum atomic E-state index is 12.7. The largest absolute Gasteiger partial charge is 0.348 e. The molecule has 1 N–H and O–H groups in total. The van der Waals surface area contributed by atoms with E-state index in [0.717, 1.165) is 42.3 Å². The number of nitrogens with zero attached hydrogens (tertiary/aromatic N) is 4. The number of carbonyl (C=O) groups excluding carboxylic acids is 1. The lowest BCUT2D eigenvalue weighted by Crippen LogP contribution is -2.33. The molecule has 1 aliphatic rings. The molecule has 5 rings (SSSR count). The zero-order chi connectivity index (χ0) is 19.6. The van der Waals surface area contributed by atoms with E-state index in [9.17, 15) is 4.79 Å². The van der Waals surface area contributed by atoms with E-state index in [2.05, 4.69) is 32.3 Å². The highest BCUT2D eigenvalue weighted by molar-refractivity contribution is 5.80. The molecule has 6 nitrogen and oxygen atoms in total. The monoisotopic (exact) mass is 385 g/mol. The standard InChI is InChI=1S/C23H23N5O/c29-23(16-27-15-18-9-4-5-10-20(18)26-27)25-21-11-6-12-22-19(21)13-24-28(22)14-17-7-2-1-3-8-17/h1-5,7-10,13,15,21H,6,11-12,14,16H2,(H,25,29). The van der Waals surface area contributed by atoms with E-state index < -0.39 is 0 Å². The third-order valence-electron chi connectivity index (χ3n) is 5.54. The number of nitrogens with one attached hydrogen (secondary N) is 1. The highest BCUT2D eigenvalue weighted by Gasteiger charge is 2.25. The van der Waals surface area contributed by atoms with Crippen LogP contribution in [0.15, 0.2) is 67.0 Å². The van der Waals surface area contributed by atoms with Gasteiger partial charge >= 0.3 is 0 Å². The summed E-state index contributed by atoms with van der Waals surface area (Å²) in [6.07, 6.45) is 6.82. The summed E-state index contributed by atoms with van der Waals surface area (Å²) >= 11 is 0. The van der Waals surface area contributed by atoms with E-state index in [1.165, 1.54) is 11.3 Å². The molecule has 4 aromatic rings. The van der Waals surface area contributed by atoms with Gasteiger partial charge in [-0.05, 0) is 30.9 Å². The average molecular weight is 385 g/mol. The van der Waals surface area contributed by atoms with Gasteiger partial charge in [-0.2, -0.15) is 10.2 Å². The molecular formula is C23H23N5O. The first-order chi connectivity index (χ1) is 14.3. The van der Waals surface area contributed by atoms with E-state index in [1.54, 1.807) is 4.68 Å². The number of hydrogen-bond donors (Lipinski definition) is 1. The van der Waals surface area contributed by atoms with Gasteiger partial charge in [-0.1, -0.05) is 48.5 Å². The second-order valence-corrected chi connectivity index (χ2v) is 7.59. The Balaban J connectivity index is 1.29. The third-order valence-corrected chi connectivity index (χ3v) is 5.54. The smallest absolute Gasteiger partial charge is 0.242 e. The van der Waals surface area contributed by atoms with Crippen molar-refractivity contribution in [3.05, 3.63) is 83.8 Å². The van der Waals surface area contributed by atoms with Crippen molar-refractivity contribution in [1.29, 1.82) is 0 Å². The van der Waals surface area contributed by atoms with Crippen LogP contribution in [0.5, 0.6) is 0 Å². The Hall–Kier alpha value is -3.41. The predicted octanol–water partition coefficient (Wildman–Crippen LogP) is 3.47. The average Bonchev–Trinajstić information content (AvgIpc) is 3.33. The van der Waals surface area contributed by atoms with Crippen LogP contribution in [0.2, 0.25) is 0 Å². The van der Waals surface area contributed by atoms with Crippen LogP contribution in [0.1, 0.15) is 35.7 Å². The normalized spacial score (nSPS) is 15.9. The summed E-state index contributed by atoms with van der Waals surface area (Å²) in [5, 5.41) is 13.3. The molecule has 146 valence electrons. The molecule has 0 saturated heterocycles. The van der Waals surface area contributed by atoms with Gasteiger partial charge < -0.3 is 5.32 Å². The van der Waals surface area contributed by atoms with Gasteiger partial charge in [-0.3, -0.25) is 14.2 Å². The van der Waals surface area contributed by atoms with Crippen molar-refractivity contribution in [2.45, 2.75) is 38.4 Å². The SMILES string of the molecule is O=C(Cn1cc2ccccc2n1)NC1CCCc2c1cnn2Cc1ccccc1. The van der Waals surface area contributed by atoms with Crippen molar-refractivity contribution in [3.8, 4) is 0 Å². The summed E-state index contributed by atoms with van der Waals surface area (Å²) < 4.78 is 3.78. The molecule has 29 heavy (non-hydrogen) atoms. The molecule has 2 aromatic heterocycles. The number of rotatable bonds is 5. The lowest BCUT2D eigenvalue weighted by Gasteiger charge is -2.24. The number of carbonyl (C=O) groups is 1. The van der Waals surface area contributed by atoms with Gasteiger partial charge in [0.05, 0.1) is 24.3 Å². The highest BCUT2D eigenvalue weighted by atomic mass is 16.2. The molecule has 1 amide bonds. The fourth-order valence-corrected chi connectivity index (χ4v) is 4.14. The van der Waals surface area contributed by atoms with Crippen LogP contribution in [-0.4, -0.2) is 25.5 Å². The second kappa shape index (κ2) is 7.54. The zero-order valence-electron chi connectivity index (χ0n) is 16.2. The molecule has 0 bridgehead atoms. The number of fused-ring (bicyclic) bond motifs is 2. The van der Waals surface area contributed by atoms with Crippen LogP contribution >= 0.6 is 0 Å². The number of aromatic nitrogens is 4. The number of hydrogen-bond acceptors (Lipinski definition) is 3. The summed E-state index contributed by atoms with van der Waals surface area (Å²) in [6.45, 7) is 0.982. The highest BCUT2D eigenvalue weighted by Crippen LogP contribution is 2.30. The van der Waals surface area contributed by atoms with Gasteiger partial charge in [-0.15, -0.1) is 0 Å². The maximum Gasteiger partial charge on any atom is 0.242 e. The molecule has 2 heterocycles. The van der Waals surface area contributed by atoms with E-state index in [1.807, 2.05) is 54.9 Å².